The summed E-state index contributed by atoms with van der Waals surface area (Å²) in [4.78, 5) is 19.4. The molecule has 6 nitrogen and oxygen atoms in total. The van der Waals surface area contributed by atoms with Crippen LogP contribution in [0, 0.1) is 0 Å². The van der Waals surface area contributed by atoms with Crippen molar-refractivity contribution in [3.63, 3.8) is 0 Å². The van der Waals surface area contributed by atoms with Gasteiger partial charge in [0, 0.05) is 0 Å². The topological polar surface area (TPSA) is 104 Å². The number of hydrogen-bond donors (Lipinski definition) is 3. The normalized spacial score (nSPS) is 8.33. The van der Waals surface area contributed by atoms with Crippen LogP contribution in [0.4, 0.5) is 4.79 Å². The quantitative estimate of drug-likeness (QED) is 0.610. The number of methoxy groups -OCH3 is 1. The molecular weight excluding hydrogens is 204 g/mol. The molecule has 1 aromatic rings. The summed E-state index contributed by atoms with van der Waals surface area (Å²) >= 11 is 0. The summed E-state index contributed by atoms with van der Waals surface area (Å²) in [6, 6.07) is 5.81. The first-order valence-electron chi connectivity index (χ1n) is 3.77. The van der Waals surface area contributed by atoms with Crippen molar-refractivity contribution < 1.29 is 29.6 Å². The van der Waals surface area contributed by atoms with E-state index in [1.54, 1.807) is 12.1 Å². The summed E-state index contributed by atoms with van der Waals surface area (Å²) in [6.07, 6.45) is -1.25. The van der Waals surface area contributed by atoms with Crippen molar-refractivity contribution in [2.45, 2.75) is 0 Å². The van der Waals surface area contributed by atoms with Crippen LogP contribution in [0.25, 0.3) is 0 Å². The fraction of sp³-hybridized carbons (Fsp3) is 0.111. The first-order valence-corrected chi connectivity index (χ1v) is 3.77. The van der Waals surface area contributed by atoms with Crippen molar-refractivity contribution in [3.05, 3.63) is 29.8 Å². The summed E-state index contributed by atoms with van der Waals surface area (Å²) in [5, 5.41) is 24.8. The molecule has 1 aromatic carbocycles. The molecule has 0 radical (unpaired) electrons. The highest BCUT2D eigenvalue weighted by Crippen LogP contribution is 2.14. The molecule has 0 unspecified atom stereocenters. The van der Waals surface area contributed by atoms with Gasteiger partial charge in [0.2, 0.25) is 0 Å². The second-order valence-corrected chi connectivity index (χ2v) is 2.29. The lowest BCUT2D eigenvalue weighted by molar-refractivity contribution is 0.0693. The second-order valence-electron chi connectivity index (χ2n) is 2.29. The Morgan fingerprint density at radius 2 is 1.67 bits per heavy atom. The molecule has 0 saturated carbocycles. The van der Waals surface area contributed by atoms with E-state index in [4.69, 9.17) is 20.1 Å². The van der Waals surface area contributed by atoms with E-state index in [1.165, 1.54) is 12.1 Å². The lowest BCUT2D eigenvalue weighted by Gasteiger charge is -1.95. The number of aromatic carboxylic acids is 1. The zero-order chi connectivity index (χ0) is 11.8. The molecule has 0 amide bonds. The molecule has 0 aromatic heterocycles. The van der Waals surface area contributed by atoms with E-state index in [9.17, 15) is 4.79 Å². The van der Waals surface area contributed by atoms with Gasteiger partial charge in [0.05, 0.1) is 7.11 Å². The van der Waals surface area contributed by atoms with Gasteiger partial charge >= 0.3 is 12.1 Å². The SMILES string of the molecule is COC(=O)O.O=C(O)c1ccccc1O. The largest absolute Gasteiger partial charge is 0.507 e. The van der Waals surface area contributed by atoms with Crippen molar-refractivity contribution in [2.75, 3.05) is 7.11 Å². The fourth-order valence-corrected chi connectivity index (χ4v) is 0.654. The number of phenols is 1. The molecule has 0 fully saturated rings. The lowest BCUT2D eigenvalue weighted by atomic mass is 10.2. The van der Waals surface area contributed by atoms with Crippen LogP contribution in [0.2, 0.25) is 0 Å². The van der Waals surface area contributed by atoms with E-state index in [0.29, 0.717) is 0 Å². The van der Waals surface area contributed by atoms with Gasteiger partial charge in [0.25, 0.3) is 0 Å². The molecule has 0 saturated heterocycles. The second kappa shape index (κ2) is 6.25. The summed E-state index contributed by atoms with van der Waals surface area (Å²) in [5.41, 5.74) is -0.0671. The molecule has 0 spiro atoms. The van der Waals surface area contributed by atoms with Gasteiger partial charge in [-0.25, -0.2) is 9.59 Å². The van der Waals surface area contributed by atoms with Crippen LogP contribution < -0.4 is 0 Å². The maximum atomic E-state index is 10.3. The number of hydrogen-bond acceptors (Lipinski definition) is 4. The first-order chi connectivity index (χ1) is 6.99. The molecule has 0 aliphatic carbocycles. The predicted molar refractivity (Wildman–Crippen MR) is 50.1 cm³/mol. The van der Waals surface area contributed by atoms with Crippen LogP contribution in [0.15, 0.2) is 24.3 Å². The Hall–Kier alpha value is -2.24. The number of aromatic hydroxyl groups is 1. The minimum absolute atomic E-state index is 0.0671. The molecule has 15 heavy (non-hydrogen) atoms. The maximum absolute atomic E-state index is 10.3. The highest BCUT2D eigenvalue weighted by atomic mass is 16.6. The molecule has 0 aliphatic heterocycles. The molecule has 82 valence electrons. The highest BCUT2D eigenvalue weighted by molar-refractivity contribution is 5.90. The minimum Gasteiger partial charge on any atom is -0.507 e. The molecule has 0 aliphatic rings. The molecule has 0 bridgehead atoms. The summed E-state index contributed by atoms with van der Waals surface area (Å²) in [7, 11) is 1.10. The monoisotopic (exact) mass is 214 g/mol. The zero-order valence-electron chi connectivity index (χ0n) is 7.88. The zero-order valence-corrected chi connectivity index (χ0v) is 7.88. The van der Waals surface area contributed by atoms with E-state index >= 15 is 0 Å². The van der Waals surface area contributed by atoms with Gasteiger partial charge in [-0.1, -0.05) is 12.1 Å². The number of carbonyl (C=O) groups is 2. The van der Waals surface area contributed by atoms with E-state index < -0.39 is 12.1 Å². The molecular formula is C9H10O6. The van der Waals surface area contributed by atoms with Crippen molar-refractivity contribution in [1.29, 1.82) is 0 Å². The number of ether oxygens (including phenoxy) is 1. The van der Waals surface area contributed by atoms with Crippen LogP contribution in [-0.2, 0) is 4.74 Å². The van der Waals surface area contributed by atoms with Crippen molar-refractivity contribution >= 4 is 12.1 Å². The summed E-state index contributed by atoms with van der Waals surface area (Å²) < 4.78 is 3.67. The number of rotatable bonds is 1. The number of carboxylic acid groups (broad SMARTS) is 2. The van der Waals surface area contributed by atoms with E-state index in [1.807, 2.05) is 0 Å². The predicted octanol–water partition coefficient (Wildman–Crippen LogP) is 1.40. The Morgan fingerprint density at radius 3 is 1.93 bits per heavy atom. The maximum Gasteiger partial charge on any atom is 0.505 e. The Morgan fingerprint density at radius 1 is 1.20 bits per heavy atom. The van der Waals surface area contributed by atoms with Crippen molar-refractivity contribution in [2.24, 2.45) is 0 Å². The fourth-order valence-electron chi connectivity index (χ4n) is 0.654. The van der Waals surface area contributed by atoms with Gasteiger partial charge in [0.15, 0.2) is 0 Å². The van der Waals surface area contributed by atoms with Gasteiger partial charge in [-0.15, -0.1) is 0 Å². The van der Waals surface area contributed by atoms with Gasteiger partial charge in [-0.3, -0.25) is 0 Å². The first kappa shape index (κ1) is 12.8. The smallest absolute Gasteiger partial charge is 0.505 e. The van der Waals surface area contributed by atoms with Crippen LogP contribution in [-0.4, -0.2) is 34.6 Å². The van der Waals surface area contributed by atoms with Crippen molar-refractivity contribution in [3.8, 4) is 5.75 Å². The van der Waals surface area contributed by atoms with Gasteiger partial charge in [0.1, 0.15) is 11.3 Å². The summed E-state index contributed by atoms with van der Waals surface area (Å²) in [6.45, 7) is 0. The highest BCUT2D eigenvalue weighted by Gasteiger charge is 2.05. The Bertz CT molecular complexity index is 346. The van der Waals surface area contributed by atoms with E-state index in [-0.39, 0.29) is 11.3 Å². The lowest BCUT2D eigenvalue weighted by Crippen LogP contribution is -1.95. The third kappa shape index (κ3) is 5.14. The average Bonchev–Trinajstić information content (AvgIpc) is 2.19. The molecule has 1 rings (SSSR count). The Balaban J connectivity index is 0.000000336. The molecule has 3 N–H and O–H groups in total. The van der Waals surface area contributed by atoms with Crippen LogP contribution in [0.3, 0.4) is 0 Å². The van der Waals surface area contributed by atoms with Crippen molar-refractivity contribution in [1.82, 2.24) is 0 Å². The van der Waals surface area contributed by atoms with Crippen LogP contribution in [0.1, 0.15) is 10.4 Å². The molecule has 0 atom stereocenters. The average molecular weight is 214 g/mol. The number of para-hydroxylation sites is 1. The van der Waals surface area contributed by atoms with E-state index in [0.717, 1.165) is 7.11 Å². The van der Waals surface area contributed by atoms with Gasteiger partial charge in [-0.05, 0) is 12.1 Å². The third-order valence-corrected chi connectivity index (χ3v) is 1.31. The van der Waals surface area contributed by atoms with Gasteiger partial charge in [-0.2, -0.15) is 0 Å². The summed E-state index contributed by atoms with van der Waals surface area (Å²) in [5.74, 6) is -1.31. The van der Waals surface area contributed by atoms with Gasteiger partial charge < -0.3 is 20.1 Å². The minimum atomic E-state index is -1.25. The van der Waals surface area contributed by atoms with Crippen LogP contribution in [0.5, 0.6) is 5.75 Å². The number of benzene rings is 1. The third-order valence-electron chi connectivity index (χ3n) is 1.31. The Labute approximate surface area is 85.4 Å². The molecule has 0 heterocycles. The molecule has 6 heteroatoms. The van der Waals surface area contributed by atoms with Crippen LogP contribution >= 0.6 is 0 Å². The van der Waals surface area contributed by atoms with E-state index in [2.05, 4.69) is 4.74 Å². The number of carboxylic acids is 1. The standard InChI is InChI=1S/C7H6O3.C2H4O3/c8-6-4-2-1-3-5(6)7(9)10;1-5-2(3)4/h1-4,8H,(H,9,10);1H3,(H,3,4). The Kier molecular flexibility index (Phi) is 5.32.